The number of hydrogen-bond donors (Lipinski definition) is 0. The Labute approximate surface area is 74.6 Å². The van der Waals surface area contributed by atoms with Gasteiger partial charge in [0.2, 0.25) is 0 Å². The summed E-state index contributed by atoms with van der Waals surface area (Å²) in [6.45, 7) is 4.34. The summed E-state index contributed by atoms with van der Waals surface area (Å²) in [5.74, 6) is 2.83. The van der Waals surface area contributed by atoms with E-state index in [1.165, 1.54) is 5.56 Å². The second kappa shape index (κ2) is 3.88. The molecule has 1 aromatic carbocycles. The van der Waals surface area contributed by atoms with Crippen molar-refractivity contribution >= 4 is 0 Å². The molecular formula is C12H12-2. The first-order valence-electron chi connectivity index (χ1n) is 4.09. The molecule has 0 amide bonds. The van der Waals surface area contributed by atoms with Gasteiger partial charge in [0.05, 0.1) is 0 Å². The van der Waals surface area contributed by atoms with Crippen molar-refractivity contribution in [3.05, 3.63) is 48.2 Å². The van der Waals surface area contributed by atoms with Crippen molar-refractivity contribution in [1.29, 1.82) is 0 Å². The first-order chi connectivity index (χ1) is 5.74. The molecule has 1 aromatic rings. The van der Waals surface area contributed by atoms with Crippen LogP contribution >= 0.6 is 0 Å². The molecule has 0 unspecified atom stereocenters. The first-order valence-corrected chi connectivity index (χ1v) is 4.09. The summed E-state index contributed by atoms with van der Waals surface area (Å²) in [4.78, 5) is 0. The van der Waals surface area contributed by atoms with Crippen LogP contribution in [0, 0.1) is 18.8 Å². The fourth-order valence-electron chi connectivity index (χ4n) is 1.06. The zero-order valence-corrected chi connectivity index (χ0v) is 7.46. The molecule has 0 saturated heterocycles. The highest BCUT2D eigenvalue weighted by Crippen LogP contribution is 2.14. The predicted octanol–water partition coefficient (Wildman–Crippen LogP) is 2.95. The van der Waals surface area contributed by atoms with E-state index in [2.05, 4.69) is 31.9 Å². The van der Waals surface area contributed by atoms with Crippen LogP contribution in [0.15, 0.2) is 24.3 Å². The molecule has 0 aromatic heterocycles. The summed E-state index contributed by atoms with van der Waals surface area (Å²) >= 11 is 0. The minimum Gasteiger partial charge on any atom is -0.729 e. The molecule has 62 valence electrons. The molecule has 0 aliphatic heterocycles. The Balaban J connectivity index is 2.80. The van der Waals surface area contributed by atoms with Crippen LogP contribution < -0.4 is 0 Å². The summed E-state index contributed by atoms with van der Waals surface area (Å²) in [5, 5.41) is 0. The Morgan fingerprint density at radius 1 is 1.25 bits per heavy atom. The van der Waals surface area contributed by atoms with Crippen molar-refractivity contribution in [1.82, 2.24) is 0 Å². The molecule has 0 nitrogen and oxygen atoms in total. The van der Waals surface area contributed by atoms with E-state index in [1.807, 2.05) is 12.1 Å². The van der Waals surface area contributed by atoms with Crippen LogP contribution in [0.4, 0.5) is 0 Å². The summed E-state index contributed by atoms with van der Waals surface area (Å²) in [6, 6.07) is 8.20. The average molecular weight is 156 g/mol. The van der Waals surface area contributed by atoms with Crippen molar-refractivity contribution in [2.45, 2.75) is 19.8 Å². The third kappa shape index (κ3) is 2.07. The average Bonchev–Trinajstić information content (AvgIpc) is 2.06. The van der Waals surface area contributed by atoms with E-state index >= 15 is 0 Å². The summed E-state index contributed by atoms with van der Waals surface area (Å²) in [7, 11) is 0. The van der Waals surface area contributed by atoms with Crippen molar-refractivity contribution in [3.8, 4) is 5.92 Å². The van der Waals surface area contributed by atoms with Gasteiger partial charge in [0, 0.05) is 0 Å². The van der Waals surface area contributed by atoms with Gasteiger partial charge >= 0.3 is 0 Å². The molecule has 12 heavy (non-hydrogen) atoms. The highest BCUT2D eigenvalue weighted by molar-refractivity contribution is 5.33. The number of rotatable bonds is 2. The van der Waals surface area contributed by atoms with Gasteiger partial charge in [-0.25, -0.2) is 0 Å². The van der Waals surface area contributed by atoms with Gasteiger partial charge in [-0.05, 0) is 11.5 Å². The fourth-order valence-corrected chi connectivity index (χ4v) is 1.06. The highest BCUT2D eigenvalue weighted by Gasteiger charge is 1.94. The molecule has 0 fully saturated rings. The number of benzene rings is 1. The molecule has 0 heteroatoms. The van der Waals surface area contributed by atoms with Crippen LogP contribution in [0.3, 0.4) is 0 Å². The van der Waals surface area contributed by atoms with Crippen LogP contribution in [0.2, 0.25) is 0 Å². The Morgan fingerprint density at radius 2 is 1.83 bits per heavy atom. The normalized spacial score (nSPS) is 9.50. The molecule has 0 bridgehead atoms. The smallest absolute Gasteiger partial charge is 0.0219 e. The van der Waals surface area contributed by atoms with E-state index in [4.69, 9.17) is 6.42 Å². The zero-order chi connectivity index (χ0) is 8.97. The lowest BCUT2D eigenvalue weighted by Gasteiger charge is -2.12. The molecule has 0 spiro atoms. The molecule has 0 radical (unpaired) electrons. The summed E-state index contributed by atoms with van der Waals surface area (Å²) in [5.41, 5.74) is 2.37. The second-order valence-corrected chi connectivity index (χ2v) is 3.11. The topological polar surface area (TPSA) is 0 Å². The molecule has 1 rings (SSSR count). The summed E-state index contributed by atoms with van der Waals surface area (Å²) in [6.07, 6.45) is 8.43. The monoisotopic (exact) mass is 156 g/mol. The molecule has 0 N–H and O–H groups in total. The van der Waals surface area contributed by atoms with Crippen LogP contribution in [-0.4, -0.2) is 0 Å². The van der Waals surface area contributed by atoms with E-state index in [0.29, 0.717) is 5.92 Å². The minimum absolute atomic E-state index is 0.572. The van der Waals surface area contributed by atoms with Crippen molar-refractivity contribution in [2.75, 3.05) is 0 Å². The van der Waals surface area contributed by atoms with Gasteiger partial charge in [-0.1, -0.05) is 38.1 Å². The quantitative estimate of drug-likeness (QED) is 0.456. The van der Waals surface area contributed by atoms with Gasteiger partial charge in [-0.3, -0.25) is 0 Å². The Morgan fingerprint density at radius 3 is 2.25 bits per heavy atom. The fraction of sp³-hybridized carbons (Fsp3) is 0.250. The lowest BCUT2D eigenvalue weighted by Crippen LogP contribution is -1.87. The highest BCUT2D eigenvalue weighted by atomic mass is 14.0. The lowest BCUT2D eigenvalue weighted by atomic mass is 10.0. The predicted molar refractivity (Wildman–Crippen MR) is 51.1 cm³/mol. The maximum atomic E-state index is 6.77. The SMILES string of the molecule is [C-]#C[CH-]c1ccc(C(C)C)cc1. The Bertz CT molecular complexity index is 272. The third-order valence-corrected chi connectivity index (χ3v) is 1.84. The second-order valence-electron chi connectivity index (χ2n) is 3.11. The van der Waals surface area contributed by atoms with E-state index in [0.717, 1.165) is 5.56 Å². The molecule has 0 heterocycles. The largest absolute Gasteiger partial charge is 0.729 e. The first kappa shape index (κ1) is 8.74. The molecule has 0 saturated carbocycles. The van der Waals surface area contributed by atoms with Crippen LogP contribution in [0.5, 0.6) is 0 Å². The lowest BCUT2D eigenvalue weighted by molar-refractivity contribution is 0.866. The van der Waals surface area contributed by atoms with Crippen molar-refractivity contribution in [3.63, 3.8) is 0 Å². The van der Waals surface area contributed by atoms with Gasteiger partial charge in [-0.2, -0.15) is 5.56 Å². The van der Waals surface area contributed by atoms with E-state index in [1.54, 1.807) is 6.42 Å². The van der Waals surface area contributed by atoms with E-state index < -0.39 is 0 Å². The molecule has 0 aliphatic carbocycles. The van der Waals surface area contributed by atoms with Gasteiger partial charge in [0.15, 0.2) is 0 Å². The molecule has 0 aliphatic rings. The maximum Gasteiger partial charge on any atom is -0.0219 e. The Hall–Kier alpha value is -1.35. The molecule has 0 atom stereocenters. The summed E-state index contributed by atoms with van der Waals surface area (Å²) < 4.78 is 0. The van der Waals surface area contributed by atoms with Gasteiger partial charge in [0.25, 0.3) is 0 Å². The Kier molecular flexibility index (Phi) is 2.82. The number of hydrogen-bond acceptors (Lipinski definition) is 0. The van der Waals surface area contributed by atoms with Crippen molar-refractivity contribution in [2.24, 2.45) is 0 Å². The van der Waals surface area contributed by atoms with Gasteiger partial charge in [0.1, 0.15) is 0 Å². The standard InChI is InChI=1S/C12H12/c1-4-5-11-6-8-12(9-7-11)10(2)3/h5-10H,2-3H3/q-2. The molecular weight excluding hydrogens is 144 g/mol. The van der Waals surface area contributed by atoms with E-state index in [9.17, 15) is 0 Å². The van der Waals surface area contributed by atoms with Crippen molar-refractivity contribution < 1.29 is 0 Å². The van der Waals surface area contributed by atoms with Gasteiger partial charge < -0.3 is 18.8 Å². The zero-order valence-electron chi connectivity index (χ0n) is 7.46. The van der Waals surface area contributed by atoms with Gasteiger partial charge in [-0.15, -0.1) is 0 Å². The van der Waals surface area contributed by atoms with Crippen LogP contribution in [0.1, 0.15) is 30.9 Å². The van der Waals surface area contributed by atoms with E-state index in [-0.39, 0.29) is 0 Å². The maximum absolute atomic E-state index is 6.77. The third-order valence-electron chi connectivity index (χ3n) is 1.84. The van der Waals surface area contributed by atoms with Crippen LogP contribution in [0.25, 0.3) is 0 Å². The minimum atomic E-state index is 0.572. The van der Waals surface area contributed by atoms with Crippen LogP contribution in [-0.2, 0) is 0 Å².